The van der Waals surface area contributed by atoms with Crippen LogP contribution in [0.4, 0.5) is 0 Å². The quantitative estimate of drug-likeness (QED) is 0.652. The molecule has 0 aliphatic heterocycles. The Morgan fingerprint density at radius 1 is 1.22 bits per heavy atom. The van der Waals surface area contributed by atoms with E-state index < -0.39 is 5.59 Å². The van der Waals surface area contributed by atoms with Gasteiger partial charge in [-0.2, -0.15) is 0 Å². The molecule has 1 heterocycles. The molecule has 2 rings (SSSR count). The summed E-state index contributed by atoms with van der Waals surface area (Å²) in [7, 11) is 10.5. The van der Waals surface area contributed by atoms with Gasteiger partial charge in [0.15, 0.2) is 15.7 Å². The highest BCUT2D eigenvalue weighted by molar-refractivity contribution is 6.37. The summed E-state index contributed by atoms with van der Waals surface area (Å²) in [6, 6.07) is 7.73. The molecular weight excluding hydrogens is 224 g/mol. The van der Waals surface area contributed by atoms with Crippen LogP contribution in [0.15, 0.2) is 30.5 Å². The Morgan fingerprint density at radius 3 is 2.56 bits per heavy atom. The van der Waals surface area contributed by atoms with Gasteiger partial charge in [0.1, 0.15) is 5.59 Å². The molecule has 2 aromatic rings. The smallest absolute Gasteiger partial charge is 0.222 e. The molecule has 1 aromatic carbocycles. The molecule has 5 heteroatoms. The summed E-state index contributed by atoms with van der Waals surface area (Å²) in [4.78, 5) is 4.05. The van der Waals surface area contributed by atoms with Crippen LogP contribution in [0.2, 0.25) is 0 Å². The van der Waals surface area contributed by atoms with Crippen molar-refractivity contribution in [2.45, 2.75) is 25.4 Å². The highest BCUT2D eigenvalue weighted by Crippen LogP contribution is 2.30. The van der Waals surface area contributed by atoms with Crippen molar-refractivity contribution in [1.82, 2.24) is 4.98 Å². The summed E-state index contributed by atoms with van der Waals surface area (Å²) in [5.41, 5.74) is -1.05. The minimum absolute atomic E-state index is 0.225. The molecule has 0 bridgehead atoms. The summed E-state index contributed by atoms with van der Waals surface area (Å²) in [5.74, 6) is 0.598. The average molecular weight is 237 g/mol. The molecule has 0 aliphatic carbocycles. The number of nitrogens with zero attached hydrogens (tertiary/aromatic N) is 1. The van der Waals surface area contributed by atoms with Gasteiger partial charge in [-0.15, -0.1) is 0 Å². The maximum atomic E-state index is 9.30. The molecule has 0 unspecified atom stereocenters. The van der Waals surface area contributed by atoms with Gasteiger partial charge in [-0.25, -0.2) is 4.98 Å². The second kappa shape index (κ2) is 4.65. The molecule has 88 valence electrons. The average Bonchev–Trinajstić information content (AvgIpc) is 2.26. The topological polar surface area (TPSA) is 42.4 Å². The van der Waals surface area contributed by atoms with Crippen LogP contribution in [-0.4, -0.2) is 31.4 Å². The molecule has 0 saturated heterocycles. The van der Waals surface area contributed by atoms with Gasteiger partial charge in [0, 0.05) is 11.6 Å². The normalized spacial score (nSPS) is 12.0. The number of pyridine rings is 1. The van der Waals surface area contributed by atoms with Gasteiger partial charge in [-0.1, -0.05) is 26.0 Å². The molecule has 1 aromatic heterocycles. The van der Waals surface area contributed by atoms with E-state index in [0.717, 1.165) is 10.8 Å². The van der Waals surface area contributed by atoms with E-state index in [-0.39, 0.29) is 5.88 Å². The first-order valence-corrected chi connectivity index (χ1v) is 5.75. The lowest BCUT2D eigenvalue weighted by Gasteiger charge is -2.22. The van der Waals surface area contributed by atoms with Crippen LogP contribution in [0.5, 0.6) is 5.88 Å². The lowest BCUT2D eigenvalue weighted by molar-refractivity contribution is 0.0105. The van der Waals surface area contributed by atoms with Crippen LogP contribution in [0.1, 0.15) is 25.3 Å². The Morgan fingerprint density at radius 2 is 1.94 bits per heavy atom. The SMILES string of the molecule is [B]C([B])(O)Oc1nccc2c(C(C)C)cccc12. The molecule has 3 nitrogen and oxygen atoms in total. The molecular formula is C13H13B2NO2. The number of aromatic nitrogens is 1. The van der Waals surface area contributed by atoms with E-state index in [0.29, 0.717) is 5.92 Å². The predicted octanol–water partition coefficient (Wildman–Crippen LogP) is 1.68. The van der Waals surface area contributed by atoms with Crippen molar-refractivity contribution in [3.05, 3.63) is 36.0 Å². The molecule has 0 aliphatic rings. The van der Waals surface area contributed by atoms with E-state index in [1.165, 1.54) is 5.56 Å². The Balaban J connectivity index is 2.60. The zero-order valence-electron chi connectivity index (χ0n) is 10.4. The van der Waals surface area contributed by atoms with Crippen molar-refractivity contribution < 1.29 is 9.84 Å². The highest BCUT2D eigenvalue weighted by Gasteiger charge is 2.16. The van der Waals surface area contributed by atoms with E-state index in [4.69, 9.17) is 20.4 Å². The summed E-state index contributed by atoms with van der Waals surface area (Å²) < 4.78 is 5.05. The van der Waals surface area contributed by atoms with Crippen molar-refractivity contribution in [1.29, 1.82) is 0 Å². The third-order valence-corrected chi connectivity index (χ3v) is 2.69. The van der Waals surface area contributed by atoms with Gasteiger partial charge < -0.3 is 9.84 Å². The Kier molecular flexibility index (Phi) is 3.35. The zero-order chi connectivity index (χ0) is 13.3. The number of rotatable bonds is 3. The lowest BCUT2D eigenvalue weighted by atomic mass is 9.76. The van der Waals surface area contributed by atoms with Crippen LogP contribution >= 0.6 is 0 Å². The van der Waals surface area contributed by atoms with Gasteiger partial charge in [0.05, 0.1) is 0 Å². The maximum absolute atomic E-state index is 9.30. The van der Waals surface area contributed by atoms with Crippen LogP contribution in [0.25, 0.3) is 10.8 Å². The van der Waals surface area contributed by atoms with Crippen molar-refractivity contribution in [3.8, 4) is 5.88 Å². The fraction of sp³-hybridized carbons (Fsp3) is 0.308. The number of hydrogen-bond donors (Lipinski definition) is 1. The van der Waals surface area contributed by atoms with Crippen molar-refractivity contribution in [3.63, 3.8) is 0 Å². The first-order chi connectivity index (χ1) is 8.38. The molecule has 0 amide bonds. The highest BCUT2D eigenvalue weighted by atomic mass is 16.6. The van der Waals surface area contributed by atoms with Crippen LogP contribution < -0.4 is 4.74 Å². The van der Waals surface area contributed by atoms with Gasteiger partial charge in [0.25, 0.3) is 0 Å². The number of hydrogen-bond acceptors (Lipinski definition) is 3. The van der Waals surface area contributed by atoms with Gasteiger partial charge in [-0.3, -0.25) is 0 Å². The number of ether oxygens (including phenoxy) is 1. The first-order valence-electron chi connectivity index (χ1n) is 5.75. The number of fused-ring (bicyclic) bond motifs is 1. The van der Waals surface area contributed by atoms with Crippen molar-refractivity contribution in [2.24, 2.45) is 0 Å². The largest absolute Gasteiger partial charge is 0.465 e. The molecule has 0 atom stereocenters. The third-order valence-electron chi connectivity index (χ3n) is 2.69. The van der Waals surface area contributed by atoms with Gasteiger partial charge in [-0.05, 0) is 29.0 Å². The van der Waals surface area contributed by atoms with Crippen LogP contribution in [0, 0.1) is 0 Å². The minimum atomic E-state index is -2.23. The Labute approximate surface area is 109 Å². The third kappa shape index (κ3) is 2.67. The van der Waals surface area contributed by atoms with E-state index in [2.05, 4.69) is 18.8 Å². The summed E-state index contributed by atoms with van der Waals surface area (Å²) in [5, 5.41) is 11.1. The molecule has 0 saturated carbocycles. The summed E-state index contributed by atoms with van der Waals surface area (Å²) in [6.45, 7) is 4.22. The Hall–Kier alpha value is -1.48. The van der Waals surface area contributed by atoms with Crippen molar-refractivity contribution >= 4 is 26.5 Å². The predicted molar refractivity (Wildman–Crippen MR) is 72.9 cm³/mol. The molecule has 4 radical (unpaired) electrons. The molecule has 0 spiro atoms. The van der Waals surface area contributed by atoms with E-state index in [1.807, 2.05) is 24.3 Å². The fourth-order valence-electron chi connectivity index (χ4n) is 1.94. The minimum Gasteiger partial charge on any atom is -0.465 e. The fourth-order valence-corrected chi connectivity index (χ4v) is 1.94. The maximum Gasteiger partial charge on any atom is 0.222 e. The zero-order valence-corrected chi connectivity index (χ0v) is 10.4. The van der Waals surface area contributed by atoms with Crippen LogP contribution in [-0.2, 0) is 0 Å². The lowest BCUT2D eigenvalue weighted by Crippen LogP contribution is -2.36. The van der Waals surface area contributed by atoms with Gasteiger partial charge in [0.2, 0.25) is 5.88 Å². The number of benzene rings is 1. The second-order valence-corrected chi connectivity index (χ2v) is 4.57. The first kappa shape index (κ1) is 13.0. The monoisotopic (exact) mass is 237 g/mol. The molecule has 18 heavy (non-hydrogen) atoms. The Bertz CT molecular complexity index is 564. The molecule has 0 fully saturated rings. The molecule has 1 N–H and O–H groups in total. The van der Waals surface area contributed by atoms with E-state index >= 15 is 0 Å². The number of aliphatic hydroxyl groups is 1. The summed E-state index contributed by atoms with van der Waals surface area (Å²) in [6.07, 6.45) is 1.61. The summed E-state index contributed by atoms with van der Waals surface area (Å²) >= 11 is 0. The van der Waals surface area contributed by atoms with E-state index in [1.54, 1.807) is 6.20 Å². The van der Waals surface area contributed by atoms with Gasteiger partial charge >= 0.3 is 0 Å². The standard InChI is InChI=1S/C13H13B2NO2/c1-8(2)9-4-3-5-11-10(9)6-7-16-12(11)18-13(14,15)17/h3-8,17H,1-2H3. The van der Waals surface area contributed by atoms with Crippen molar-refractivity contribution in [2.75, 3.05) is 0 Å². The second-order valence-electron chi connectivity index (χ2n) is 4.57. The van der Waals surface area contributed by atoms with Crippen LogP contribution in [0.3, 0.4) is 0 Å². The van der Waals surface area contributed by atoms with E-state index in [9.17, 15) is 5.11 Å².